The van der Waals surface area contributed by atoms with Crippen LogP contribution < -0.4 is 19.7 Å². The summed E-state index contributed by atoms with van der Waals surface area (Å²) in [6.45, 7) is 8.68. The molecule has 0 radical (unpaired) electrons. The molecule has 0 aliphatic carbocycles. The third-order valence-electron chi connectivity index (χ3n) is 8.86. The van der Waals surface area contributed by atoms with Gasteiger partial charge in [-0.3, -0.25) is 4.79 Å². The number of hydrogen-bond donors (Lipinski definition) is 1. The second-order valence-electron chi connectivity index (χ2n) is 11.2. The van der Waals surface area contributed by atoms with Crippen molar-refractivity contribution in [1.82, 2.24) is 14.8 Å². The topological polar surface area (TPSA) is 70.2 Å². The number of ether oxygens (including phenoxy) is 2. The minimum absolute atomic E-state index is 0.0907. The van der Waals surface area contributed by atoms with Crippen LogP contribution in [0.1, 0.15) is 47.3 Å². The molecule has 1 atom stereocenters. The van der Waals surface area contributed by atoms with E-state index in [1.54, 1.807) is 14.2 Å². The van der Waals surface area contributed by atoms with E-state index in [4.69, 9.17) is 14.5 Å². The number of likely N-dealkylation sites (N-methyl/N-ethyl adjacent to an activating group) is 1. The zero-order valence-corrected chi connectivity index (χ0v) is 25.4. The predicted octanol–water partition coefficient (Wildman–Crippen LogP) is 5.98. The zero-order valence-electron chi connectivity index (χ0n) is 25.4. The average molecular weight is 580 g/mol. The van der Waals surface area contributed by atoms with E-state index in [1.165, 1.54) is 5.69 Å². The first-order valence-corrected chi connectivity index (χ1v) is 15.3. The Morgan fingerprint density at radius 3 is 2.51 bits per heavy atom. The van der Waals surface area contributed by atoms with Gasteiger partial charge in [0.25, 0.3) is 5.91 Å². The number of benzene rings is 3. The molecule has 2 aliphatic heterocycles. The summed E-state index contributed by atoms with van der Waals surface area (Å²) in [7, 11) is 3.29. The molecule has 2 aliphatic rings. The molecule has 1 fully saturated rings. The van der Waals surface area contributed by atoms with E-state index in [2.05, 4.69) is 46.3 Å². The van der Waals surface area contributed by atoms with Crippen LogP contribution >= 0.6 is 0 Å². The molecule has 0 unspecified atom stereocenters. The van der Waals surface area contributed by atoms with Gasteiger partial charge in [0.2, 0.25) is 0 Å². The van der Waals surface area contributed by atoms with Gasteiger partial charge in [0.05, 0.1) is 25.8 Å². The molecule has 8 nitrogen and oxygen atoms in total. The molecule has 3 heterocycles. The second-order valence-corrected chi connectivity index (χ2v) is 11.2. The molecule has 1 amide bonds. The van der Waals surface area contributed by atoms with E-state index in [0.717, 1.165) is 85.5 Å². The summed E-state index contributed by atoms with van der Waals surface area (Å²) in [5.74, 6) is 2.30. The van der Waals surface area contributed by atoms with Crippen LogP contribution in [0.4, 0.5) is 11.5 Å². The SMILES string of the molecule is CCN1CCN(c2cccc3c2CN([C@H](CCCNc2ccc4ccccc4n2)c2ccc(OC)c(OC)c2)C3=O)CC1. The van der Waals surface area contributed by atoms with Crippen molar-refractivity contribution < 1.29 is 14.3 Å². The lowest BCUT2D eigenvalue weighted by molar-refractivity contribution is 0.0690. The van der Waals surface area contributed by atoms with Crippen LogP contribution in [0.5, 0.6) is 11.5 Å². The minimum Gasteiger partial charge on any atom is -0.493 e. The molecule has 0 spiro atoms. The Labute approximate surface area is 254 Å². The van der Waals surface area contributed by atoms with Gasteiger partial charge in [0.1, 0.15) is 5.82 Å². The molecule has 3 aromatic carbocycles. The number of anilines is 2. The monoisotopic (exact) mass is 579 g/mol. The van der Waals surface area contributed by atoms with Gasteiger partial charge in [-0.2, -0.15) is 0 Å². The summed E-state index contributed by atoms with van der Waals surface area (Å²) >= 11 is 0. The first-order chi connectivity index (χ1) is 21.1. The quantitative estimate of drug-likeness (QED) is 0.219. The smallest absolute Gasteiger partial charge is 0.255 e. The van der Waals surface area contributed by atoms with Gasteiger partial charge >= 0.3 is 0 Å². The number of carbonyl (C=O) groups excluding carboxylic acids is 1. The van der Waals surface area contributed by atoms with Gasteiger partial charge in [-0.1, -0.05) is 37.3 Å². The molecule has 1 aromatic heterocycles. The Kier molecular flexibility index (Phi) is 8.65. The van der Waals surface area contributed by atoms with E-state index in [-0.39, 0.29) is 11.9 Å². The van der Waals surface area contributed by atoms with Crippen molar-refractivity contribution in [3.8, 4) is 11.5 Å². The average Bonchev–Trinajstić information content (AvgIpc) is 3.40. The summed E-state index contributed by atoms with van der Waals surface area (Å²) < 4.78 is 11.2. The lowest BCUT2D eigenvalue weighted by Crippen LogP contribution is -2.46. The van der Waals surface area contributed by atoms with E-state index < -0.39 is 0 Å². The highest BCUT2D eigenvalue weighted by Gasteiger charge is 2.36. The fourth-order valence-corrected chi connectivity index (χ4v) is 6.43. The van der Waals surface area contributed by atoms with Gasteiger partial charge < -0.3 is 29.5 Å². The third kappa shape index (κ3) is 5.97. The van der Waals surface area contributed by atoms with Crippen LogP contribution in [-0.4, -0.2) is 74.2 Å². The molecule has 1 saturated heterocycles. The van der Waals surface area contributed by atoms with Crippen molar-refractivity contribution in [3.05, 3.63) is 89.5 Å². The van der Waals surface area contributed by atoms with Gasteiger partial charge in [0, 0.05) is 61.5 Å². The van der Waals surface area contributed by atoms with Crippen molar-refractivity contribution >= 4 is 28.3 Å². The lowest BCUT2D eigenvalue weighted by Gasteiger charge is -2.36. The third-order valence-corrected chi connectivity index (χ3v) is 8.86. The summed E-state index contributed by atoms with van der Waals surface area (Å²) in [6, 6.07) is 24.4. The maximum Gasteiger partial charge on any atom is 0.255 e. The molecular weight excluding hydrogens is 538 g/mol. The van der Waals surface area contributed by atoms with Crippen LogP contribution in [0.25, 0.3) is 10.9 Å². The molecule has 6 rings (SSSR count). The number of piperazine rings is 1. The molecule has 0 saturated carbocycles. The number of methoxy groups -OCH3 is 2. The number of hydrogen-bond acceptors (Lipinski definition) is 7. The maximum absolute atomic E-state index is 14.0. The van der Waals surface area contributed by atoms with Crippen LogP contribution in [0.2, 0.25) is 0 Å². The maximum atomic E-state index is 14.0. The molecule has 43 heavy (non-hydrogen) atoms. The Morgan fingerprint density at radius 2 is 1.72 bits per heavy atom. The molecule has 4 aromatic rings. The Morgan fingerprint density at radius 1 is 0.907 bits per heavy atom. The number of rotatable bonds is 11. The molecular formula is C35H41N5O3. The van der Waals surface area contributed by atoms with Crippen molar-refractivity contribution in [2.24, 2.45) is 0 Å². The normalized spacial score (nSPS) is 15.9. The molecule has 224 valence electrons. The highest BCUT2D eigenvalue weighted by atomic mass is 16.5. The fraction of sp³-hybridized carbons (Fsp3) is 0.371. The number of aromatic nitrogens is 1. The number of nitrogens with zero attached hydrogens (tertiary/aromatic N) is 4. The highest BCUT2D eigenvalue weighted by Crippen LogP contribution is 2.40. The number of pyridine rings is 1. The number of fused-ring (bicyclic) bond motifs is 2. The summed E-state index contributed by atoms with van der Waals surface area (Å²) in [4.78, 5) is 25.8. The predicted molar refractivity (Wildman–Crippen MR) is 172 cm³/mol. The number of nitrogens with one attached hydrogen (secondary N) is 1. The molecule has 8 heteroatoms. The van der Waals surface area contributed by atoms with E-state index in [1.807, 2.05) is 53.4 Å². The van der Waals surface area contributed by atoms with E-state index in [9.17, 15) is 4.79 Å². The van der Waals surface area contributed by atoms with Crippen molar-refractivity contribution in [2.75, 3.05) is 63.7 Å². The first kappa shape index (κ1) is 28.8. The van der Waals surface area contributed by atoms with Gasteiger partial charge in [-0.25, -0.2) is 4.98 Å². The summed E-state index contributed by atoms with van der Waals surface area (Å²) in [6.07, 6.45) is 1.65. The van der Waals surface area contributed by atoms with Crippen LogP contribution in [0.3, 0.4) is 0 Å². The van der Waals surface area contributed by atoms with Crippen molar-refractivity contribution in [3.63, 3.8) is 0 Å². The minimum atomic E-state index is -0.115. The summed E-state index contributed by atoms with van der Waals surface area (Å²) in [5.41, 5.74) is 5.17. The second kappa shape index (κ2) is 12.9. The fourth-order valence-electron chi connectivity index (χ4n) is 6.43. The van der Waals surface area contributed by atoms with Crippen LogP contribution in [0, 0.1) is 0 Å². The number of carbonyl (C=O) groups is 1. The summed E-state index contributed by atoms with van der Waals surface area (Å²) in [5, 5.41) is 4.62. The Hall–Kier alpha value is -4.30. The van der Waals surface area contributed by atoms with E-state index >= 15 is 0 Å². The van der Waals surface area contributed by atoms with Gasteiger partial charge in [0.15, 0.2) is 11.5 Å². The van der Waals surface area contributed by atoms with Gasteiger partial charge in [-0.15, -0.1) is 0 Å². The lowest BCUT2D eigenvalue weighted by atomic mass is 9.99. The molecule has 1 N–H and O–H groups in total. The largest absolute Gasteiger partial charge is 0.493 e. The number of amides is 1. The number of para-hydroxylation sites is 1. The Balaban J connectivity index is 1.23. The van der Waals surface area contributed by atoms with Crippen LogP contribution in [0.15, 0.2) is 72.8 Å². The Bertz CT molecular complexity index is 1580. The highest BCUT2D eigenvalue weighted by molar-refractivity contribution is 6.00. The standard InChI is InChI=1S/C35H41N5O3/c1-4-38-19-21-39(22-20-38)31-12-7-10-27-28(31)24-40(35(27)41)30(26-14-16-32(42-2)33(23-26)43-3)13-8-18-36-34-17-15-25-9-5-6-11-29(25)37-34/h5-7,9-12,14-17,23,30H,4,8,13,18-22,24H2,1-3H3,(H,36,37)/t30-/m1/s1. The van der Waals surface area contributed by atoms with Crippen molar-refractivity contribution in [1.29, 1.82) is 0 Å². The van der Waals surface area contributed by atoms with E-state index in [0.29, 0.717) is 18.0 Å². The molecule has 0 bridgehead atoms. The zero-order chi connectivity index (χ0) is 29.8. The van der Waals surface area contributed by atoms with Crippen molar-refractivity contribution in [2.45, 2.75) is 32.4 Å². The first-order valence-electron chi connectivity index (χ1n) is 15.3. The van der Waals surface area contributed by atoms with Crippen LogP contribution in [-0.2, 0) is 6.54 Å². The van der Waals surface area contributed by atoms with Gasteiger partial charge in [-0.05, 0) is 67.4 Å².